The maximum atomic E-state index is 12.6. The van der Waals surface area contributed by atoms with Crippen molar-refractivity contribution in [2.45, 2.75) is 45.9 Å². The van der Waals surface area contributed by atoms with Gasteiger partial charge in [-0.15, -0.1) is 0 Å². The minimum absolute atomic E-state index is 0.0379. The lowest BCUT2D eigenvalue weighted by molar-refractivity contribution is -0.131. The van der Waals surface area contributed by atoms with Crippen LogP contribution in [0.25, 0.3) is 0 Å². The van der Waals surface area contributed by atoms with Crippen molar-refractivity contribution in [2.75, 3.05) is 5.32 Å². The zero-order valence-electron chi connectivity index (χ0n) is 18.0. The smallest absolute Gasteiger partial charge is 0.319 e. The third-order valence-corrected chi connectivity index (χ3v) is 4.94. The second-order valence-corrected chi connectivity index (χ2v) is 7.62. The monoisotopic (exact) mass is 420 g/mol. The predicted molar refractivity (Wildman–Crippen MR) is 119 cm³/mol. The van der Waals surface area contributed by atoms with E-state index in [-0.39, 0.29) is 24.0 Å². The molecule has 1 atom stereocenters. The third kappa shape index (κ3) is 6.40. The SMILES string of the molecule is CC(=O)N(Cc1ccc(NC(=O)NC(Cn2cncn2)c2ccccc2)cc1)C(C)C. The van der Waals surface area contributed by atoms with Crippen molar-refractivity contribution in [3.63, 3.8) is 0 Å². The summed E-state index contributed by atoms with van der Waals surface area (Å²) in [6, 6.07) is 16.8. The largest absolute Gasteiger partial charge is 0.336 e. The molecule has 3 amide bonds. The van der Waals surface area contributed by atoms with Crippen LogP contribution in [0, 0.1) is 0 Å². The van der Waals surface area contributed by atoms with Gasteiger partial charge in [-0.3, -0.25) is 9.48 Å². The highest BCUT2D eigenvalue weighted by Crippen LogP contribution is 2.16. The van der Waals surface area contributed by atoms with Gasteiger partial charge < -0.3 is 15.5 Å². The van der Waals surface area contributed by atoms with Crippen molar-refractivity contribution in [1.29, 1.82) is 0 Å². The van der Waals surface area contributed by atoms with Crippen LogP contribution in [-0.2, 0) is 17.9 Å². The normalized spacial score (nSPS) is 11.7. The second kappa shape index (κ2) is 10.4. The molecule has 0 spiro atoms. The van der Waals surface area contributed by atoms with Crippen molar-refractivity contribution in [1.82, 2.24) is 25.0 Å². The molecule has 0 fully saturated rings. The number of carbonyl (C=O) groups excluding carboxylic acids is 2. The van der Waals surface area contributed by atoms with E-state index in [1.165, 1.54) is 6.33 Å². The molecule has 0 aliphatic rings. The van der Waals surface area contributed by atoms with Crippen LogP contribution in [0.4, 0.5) is 10.5 Å². The molecule has 0 bridgehead atoms. The molecule has 8 heteroatoms. The third-order valence-electron chi connectivity index (χ3n) is 4.94. The number of aromatic nitrogens is 3. The maximum absolute atomic E-state index is 12.6. The molecule has 3 aromatic rings. The number of carbonyl (C=O) groups is 2. The van der Waals surface area contributed by atoms with Crippen molar-refractivity contribution in [3.8, 4) is 0 Å². The van der Waals surface area contributed by atoms with Crippen LogP contribution < -0.4 is 10.6 Å². The molecule has 0 saturated heterocycles. The molecule has 0 radical (unpaired) electrons. The molecule has 0 saturated carbocycles. The van der Waals surface area contributed by atoms with E-state index in [9.17, 15) is 9.59 Å². The Bertz CT molecular complexity index is 971. The van der Waals surface area contributed by atoms with Gasteiger partial charge in [-0.25, -0.2) is 9.78 Å². The van der Waals surface area contributed by atoms with Crippen LogP contribution in [0.3, 0.4) is 0 Å². The highest BCUT2D eigenvalue weighted by Gasteiger charge is 2.16. The van der Waals surface area contributed by atoms with Crippen LogP contribution in [0.5, 0.6) is 0 Å². The first-order valence-electron chi connectivity index (χ1n) is 10.2. The Morgan fingerprint density at radius 3 is 2.35 bits per heavy atom. The summed E-state index contributed by atoms with van der Waals surface area (Å²) in [6.45, 7) is 6.55. The first-order valence-corrected chi connectivity index (χ1v) is 10.2. The van der Waals surface area contributed by atoms with E-state index >= 15 is 0 Å². The number of amides is 3. The average molecular weight is 421 g/mol. The Morgan fingerprint density at radius 1 is 1.06 bits per heavy atom. The Kier molecular flexibility index (Phi) is 7.37. The fourth-order valence-corrected chi connectivity index (χ4v) is 3.31. The Hall–Kier alpha value is -3.68. The summed E-state index contributed by atoms with van der Waals surface area (Å²) >= 11 is 0. The highest BCUT2D eigenvalue weighted by molar-refractivity contribution is 5.89. The zero-order chi connectivity index (χ0) is 22.2. The molecule has 1 heterocycles. The molecule has 1 unspecified atom stereocenters. The lowest BCUT2D eigenvalue weighted by atomic mass is 10.1. The maximum Gasteiger partial charge on any atom is 0.319 e. The summed E-state index contributed by atoms with van der Waals surface area (Å²) in [5, 5.41) is 10.0. The van der Waals surface area contributed by atoms with E-state index in [1.807, 2.05) is 68.4 Å². The standard InChI is InChI=1S/C23H28N6O2/c1-17(2)29(18(3)30)13-19-9-11-21(12-10-19)26-23(31)27-22(14-28-16-24-15-25-28)20-7-5-4-6-8-20/h4-12,15-17,22H,13-14H2,1-3H3,(H2,26,27,31). The number of rotatable bonds is 8. The fourth-order valence-electron chi connectivity index (χ4n) is 3.31. The lowest BCUT2D eigenvalue weighted by Crippen LogP contribution is -2.35. The summed E-state index contributed by atoms with van der Waals surface area (Å²) in [4.78, 5) is 30.2. The molecule has 2 aromatic carbocycles. The van der Waals surface area contributed by atoms with E-state index in [2.05, 4.69) is 20.7 Å². The van der Waals surface area contributed by atoms with Crippen LogP contribution in [0.2, 0.25) is 0 Å². The summed E-state index contributed by atoms with van der Waals surface area (Å²) in [6.07, 6.45) is 3.09. The number of nitrogens with one attached hydrogen (secondary N) is 2. The van der Waals surface area contributed by atoms with Gasteiger partial charge in [0.2, 0.25) is 5.91 Å². The summed E-state index contributed by atoms with van der Waals surface area (Å²) in [7, 11) is 0. The highest BCUT2D eigenvalue weighted by atomic mass is 16.2. The molecule has 31 heavy (non-hydrogen) atoms. The van der Waals surface area contributed by atoms with Crippen LogP contribution in [-0.4, -0.2) is 37.6 Å². The quantitative estimate of drug-likeness (QED) is 0.582. The molecule has 3 rings (SSSR count). The van der Waals surface area contributed by atoms with Crippen LogP contribution in [0.1, 0.15) is 37.9 Å². The lowest BCUT2D eigenvalue weighted by Gasteiger charge is -2.25. The van der Waals surface area contributed by atoms with Gasteiger partial charge in [0.1, 0.15) is 12.7 Å². The molecule has 0 aliphatic carbocycles. The molecular weight excluding hydrogens is 392 g/mol. The van der Waals surface area contributed by atoms with Crippen LogP contribution >= 0.6 is 0 Å². The number of benzene rings is 2. The van der Waals surface area contributed by atoms with Gasteiger partial charge in [0.15, 0.2) is 0 Å². The second-order valence-electron chi connectivity index (χ2n) is 7.62. The summed E-state index contributed by atoms with van der Waals surface area (Å²) < 4.78 is 1.68. The van der Waals surface area contributed by atoms with Crippen LogP contribution in [0.15, 0.2) is 67.3 Å². The zero-order valence-corrected chi connectivity index (χ0v) is 18.0. The van der Waals surface area contributed by atoms with Gasteiger partial charge in [-0.05, 0) is 37.1 Å². The van der Waals surface area contributed by atoms with Gasteiger partial charge >= 0.3 is 6.03 Å². The molecule has 162 valence electrons. The van der Waals surface area contributed by atoms with E-state index in [0.29, 0.717) is 18.8 Å². The fraction of sp³-hybridized carbons (Fsp3) is 0.304. The minimum atomic E-state index is -0.311. The Balaban J connectivity index is 1.63. The number of anilines is 1. The molecule has 8 nitrogen and oxygen atoms in total. The van der Waals surface area contributed by atoms with Crippen molar-refractivity contribution < 1.29 is 9.59 Å². The molecule has 1 aromatic heterocycles. The first kappa shape index (κ1) is 22.0. The van der Waals surface area contributed by atoms with Gasteiger partial charge in [-0.2, -0.15) is 5.10 Å². The van der Waals surface area contributed by atoms with Gasteiger partial charge in [0.05, 0.1) is 12.6 Å². The van der Waals surface area contributed by atoms with E-state index in [0.717, 1.165) is 11.1 Å². The average Bonchev–Trinajstić information content (AvgIpc) is 3.26. The molecule has 0 aliphatic heterocycles. The topological polar surface area (TPSA) is 92.2 Å². The van der Waals surface area contributed by atoms with Gasteiger partial charge in [-0.1, -0.05) is 42.5 Å². The van der Waals surface area contributed by atoms with Gasteiger partial charge in [0.25, 0.3) is 0 Å². The van der Waals surface area contributed by atoms with Crippen molar-refractivity contribution in [2.24, 2.45) is 0 Å². The minimum Gasteiger partial charge on any atom is -0.336 e. The number of urea groups is 1. The first-order chi connectivity index (χ1) is 14.9. The number of hydrogen-bond donors (Lipinski definition) is 2. The summed E-state index contributed by atoms with van der Waals surface area (Å²) in [5.74, 6) is 0.0379. The Labute approximate surface area is 182 Å². The molecule has 2 N–H and O–H groups in total. The van der Waals surface area contributed by atoms with E-state index < -0.39 is 0 Å². The van der Waals surface area contributed by atoms with E-state index in [4.69, 9.17) is 0 Å². The number of hydrogen-bond acceptors (Lipinski definition) is 4. The van der Waals surface area contributed by atoms with Crippen molar-refractivity contribution in [3.05, 3.63) is 78.4 Å². The van der Waals surface area contributed by atoms with E-state index in [1.54, 1.807) is 22.8 Å². The van der Waals surface area contributed by atoms with Crippen molar-refractivity contribution >= 4 is 17.6 Å². The summed E-state index contributed by atoms with van der Waals surface area (Å²) in [5.41, 5.74) is 2.65. The number of nitrogens with zero attached hydrogens (tertiary/aromatic N) is 4. The predicted octanol–water partition coefficient (Wildman–Crippen LogP) is 3.60. The Morgan fingerprint density at radius 2 is 1.77 bits per heavy atom. The van der Waals surface area contributed by atoms with Gasteiger partial charge in [0, 0.05) is 25.2 Å². The molecular formula is C23H28N6O2.